The molecule has 2 N–H and O–H groups in total. The summed E-state index contributed by atoms with van der Waals surface area (Å²) in [5.41, 5.74) is 6.68. The van der Waals surface area contributed by atoms with Crippen molar-refractivity contribution in [1.82, 2.24) is 0 Å². The van der Waals surface area contributed by atoms with Gasteiger partial charge in [-0.05, 0) is 31.1 Å². The predicted molar refractivity (Wildman–Crippen MR) is 63.2 cm³/mol. The fourth-order valence-corrected chi connectivity index (χ4v) is 3.04. The lowest BCUT2D eigenvalue weighted by Crippen LogP contribution is -2.45. The first-order valence-electron chi connectivity index (χ1n) is 6.38. The van der Waals surface area contributed by atoms with Crippen LogP contribution < -0.4 is 5.73 Å². The molecule has 0 spiro atoms. The van der Waals surface area contributed by atoms with Crippen LogP contribution in [0.15, 0.2) is 0 Å². The molecular formula is C13H27N. The zero-order valence-electron chi connectivity index (χ0n) is 10.2. The third-order valence-electron chi connectivity index (χ3n) is 3.98. The Kier molecular flexibility index (Phi) is 4.43. The summed E-state index contributed by atoms with van der Waals surface area (Å²) in [4.78, 5) is 0. The molecule has 1 heteroatoms. The molecule has 0 aromatic carbocycles. The van der Waals surface area contributed by atoms with Crippen molar-refractivity contribution in [2.75, 3.05) is 0 Å². The molecule has 0 aromatic rings. The van der Waals surface area contributed by atoms with E-state index in [2.05, 4.69) is 20.8 Å². The van der Waals surface area contributed by atoms with Gasteiger partial charge in [0.2, 0.25) is 0 Å². The Bertz CT molecular complexity index is 163. The molecule has 84 valence electrons. The third kappa shape index (κ3) is 3.27. The van der Waals surface area contributed by atoms with Gasteiger partial charge in [0, 0.05) is 5.54 Å². The molecule has 0 bridgehead atoms. The lowest BCUT2D eigenvalue weighted by molar-refractivity contribution is 0.191. The summed E-state index contributed by atoms with van der Waals surface area (Å²) in [5, 5.41) is 0. The topological polar surface area (TPSA) is 26.0 Å². The highest BCUT2D eigenvalue weighted by Crippen LogP contribution is 2.35. The normalized spacial score (nSPS) is 33.6. The zero-order valence-corrected chi connectivity index (χ0v) is 10.2. The summed E-state index contributed by atoms with van der Waals surface area (Å²) in [7, 11) is 0. The molecule has 2 unspecified atom stereocenters. The van der Waals surface area contributed by atoms with Gasteiger partial charge in [-0.15, -0.1) is 0 Å². The average molecular weight is 197 g/mol. The second-order valence-electron chi connectivity index (χ2n) is 5.45. The molecule has 1 aliphatic carbocycles. The van der Waals surface area contributed by atoms with Crippen LogP contribution in [-0.4, -0.2) is 5.54 Å². The van der Waals surface area contributed by atoms with Crippen LogP contribution in [0.5, 0.6) is 0 Å². The first-order valence-corrected chi connectivity index (χ1v) is 6.38. The van der Waals surface area contributed by atoms with Crippen LogP contribution in [0.2, 0.25) is 0 Å². The molecule has 1 saturated carbocycles. The van der Waals surface area contributed by atoms with E-state index in [1.165, 1.54) is 44.9 Å². The number of hydrogen-bond donors (Lipinski definition) is 1. The summed E-state index contributed by atoms with van der Waals surface area (Å²) >= 11 is 0. The van der Waals surface area contributed by atoms with E-state index in [1.807, 2.05) is 0 Å². The Hall–Kier alpha value is -0.0400. The Morgan fingerprint density at radius 2 is 2.00 bits per heavy atom. The average Bonchev–Trinajstić information content (AvgIpc) is 2.14. The monoisotopic (exact) mass is 197 g/mol. The SMILES string of the molecule is CCC(CC)CC1(N)CCCC(C)C1. The lowest BCUT2D eigenvalue weighted by atomic mass is 9.72. The van der Waals surface area contributed by atoms with E-state index in [-0.39, 0.29) is 5.54 Å². The largest absolute Gasteiger partial charge is 0.325 e. The molecule has 0 saturated heterocycles. The van der Waals surface area contributed by atoms with Gasteiger partial charge in [-0.25, -0.2) is 0 Å². The molecule has 1 fully saturated rings. The smallest absolute Gasteiger partial charge is 0.0159 e. The number of rotatable bonds is 4. The maximum absolute atomic E-state index is 6.50. The molecule has 14 heavy (non-hydrogen) atoms. The van der Waals surface area contributed by atoms with Crippen molar-refractivity contribution in [2.45, 2.75) is 71.3 Å². The summed E-state index contributed by atoms with van der Waals surface area (Å²) in [6, 6.07) is 0. The predicted octanol–water partition coefficient (Wildman–Crippen LogP) is 3.72. The van der Waals surface area contributed by atoms with E-state index in [0.717, 1.165) is 11.8 Å². The molecule has 0 aliphatic heterocycles. The first-order chi connectivity index (χ1) is 6.59. The van der Waals surface area contributed by atoms with Crippen molar-refractivity contribution in [3.8, 4) is 0 Å². The van der Waals surface area contributed by atoms with Gasteiger partial charge in [0.1, 0.15) is 0 Å². The summed E-state index contributed by atoms with van der Waals surface area (Å²) in [5.74, 6) is 1.70. The number of nitrogens with two attached hydrogens (primary N) is 1. The first kappa shape index (κ1) is 12.0. The molecule has 0 radical (unpaired) electrons. The van der Waals surface area contributed by atoms with Crippen molar-refractivity contribution >= 4 is 0 Å². The van der Waals surface area contributed by atoms with Gasteiger partial charge in [-0.1, -0.05) is 46.5 Å². The molecule has 0 amide bonds. The van der Waals surface area contributed by atoms with Crippen LogP contribution in [0.3, 0.4) is 0 Å². The molecule has 1 nitrogen and oxygen atoms in total. The summed E-state index contributed by atoms with van der Waals surface area (Å²) < 4.78 is 0. The van der Waals surface area contributed by atoms with Gasteiger partial charge in [-0.3, -0.25) is 0 Å². The van der Waals surface area contributed by atoms with Crippen molar-refractivity contribution < 1.29 is 0 Å². The maximum atomic E-state index is 6.50. The zero-order chi connectivity index (χ0) is 10.6. The second-order valence-corrected chi connectivity index (χ2v) is 5.45. The molecule has 2 atom stereocenters. The van der Waals surface area contributed by atoms with Gasteiger partial charge in [0.25, 0.3) is 0 Å². The van der Waals surface area contributed by atoms with E-state index in [1.54, 1.807) is 0 Å². The van der Waals surface area contributed by atoms with Gasteiger partial charge < -0.3 is 5.73 Å². The Balaban J connectivity index is 2.46. The fourth-order valence-electron chi connectivity index (χ4n) is 3.04. The van der Waals surface area contributed by atoms with Crippen LogP contribution in [0.25, 0.3) is 0 Å². The van der Waals surface area contributed by atoms with Gasteiger partial charge >= 0.3 is 0 Å². The van der Waals surface area contributed by atoms with Gasteiger partial charge in [-0.2, -0.15) is 0 Å². The minimum Gasteiger partial charge on any atom is -0.325 e. The van der Waals surface area contributed by atoms with Gasteiger partial charge in [0.05, 0.1) is 0 Å². The van der Waals surface area contributed by atoms with Crippen LogP contribution in [0, 0.1) is 11.8 Å². The lowest BCUT2D eigenvalue weighted by Gasteiger charge is -2.39. The summed E-state index contributed by atoms with van der Waals surface area (Å²) in [6.45, 7) is 6.95. The minimum absolute atomic E-state index is 0.175. The van der Waals surface area contributed by atoms with Crippen molar-refractivity contribution in [1.29, 1.82) is 0 Å². The number of hydrogen-bond acceptors (Lipinski definition) is 1. The van der Waals surface area contributed by atoms with E-state index >= 15 is 0 Å². The fraction of sp³-hybridized carbons (Fsp3) is 1.00. The van der Waals surface area contributed by atoms with Gasteiger partial charge in [0.15, 0.2) is 0 Å². The second kappa shape index (κ2) is 5.16. The van der Waals surface area contributed by atoms with E-state index in [0.29, 0.717) is 0 Å². The highest BCUT2D eigenvalue weighted by Gasteiger charge is 2.32. The van der Waals surface area contributed by atoms with Crippen LogP contribution >= 0.6 is 0 Å². The molecular weight excluding hydrogens is 170 g/mol. The minimum atomic E-state index is 0.175. The summed E-state index contributed by atoms with van der Waals surface area (Å²) in [6.07, 6.45) is 9.09. The van der Waals surface area contributed by atoms with Crippen LogP contribution in [-0.2, 0) is 0 Å². The van der Waals surface area contributed by atoms with E-state index in [9.17, 15) is 0 Å². The maximum Gasteiger partial charge on any atom is 0.0159 e. The molecule has 1 rings (SSSR count). The van der Waals surface area contributed by atoms with Crippen LogP contribution in [0.1, 0.15) is 65.7 Å². The quantitative estimate of drug-likeness (QED) is 0.730. The highest BCUT2D eigenvalue weighted by atomic mass is 14.7. The van der Waals surface area contributed by atoms with Crippen LogP contribution in [0.4, 0.5) is 0 Å². The Morgan fingerprint density at radius 1 is 1.36 bits per heavy atom. The van der Waals surface area contributed by atoms with E-state index < -0.39 is 0 Å². The Labute approximate surface area is 89.5 Å². The van der Waals surface area contributed by atoms with E-state index in [4.69, 9.17) is 5.73 Å². The standard InChI is InChI=1S/C13H27N/c1-4-12(5-2)10-13(14)8-6-7-11(3)9-13/h11-12H,4-10,14H2,1-3H3. The van der Waals surface area contributed by atoms with Crippen molar-refractivity contribution in [2.24, 2.45) is 17.6 Å². The molecule has 0 aromatic heterocycles. The van der Waals surface area contributed by atoms with Crippen molar-refractivity contribution in [3.05, 3.63) is 0 Å². The Morgan fingerprint density at radius 3 is 2.50 bits per heavy atom. The molecule has 0 heterocycles. The van der Waals surface area contributed by atoms with Crippen molar-refractivity contribution in [3.63, 3.8) is 0 Å². The third-order valence-corrected chi connectivity index (χ3v) is 3.98. The molecule has 1 aliphatic rings. The highest BCUT2D eigenvalue weighted by molar-refractivity contribution is 4.90.